The minimum Gasteiger partial charge on any atom is -0.454 e. The van der Waals surface area contributed by atoms with Crippen LogP contribution in [0.25, 0.3) is 16.1 Å². The van der Waals surface area contributed by atoms with Gasteiger partial charge in [0.1, 0.15) is 0 Å². The normalized spacial score (nSPS) is 16.2. The molecule has 28 heavy (non-hydrogen) atoms. The van der Waals surface area contributed by atoms with Crippen LogP contribution >= 0.6 is 0 Å². The van der Waals surface area contributed by atoms with Gasteiger partial charge in [-0.3, -0.25) is 4.98 Å². The summed E-state index contributed by atoms with van der Waals surface area (Å²) in [6, 6.07) is 8.38. The molecule has 6 nitrogen and oxygen atoms in total. The number of nitrogens with zero attached hydrogens (tertiary/aromatic N) is 3. The molecule has 3 heterocycles. The number of piperidine rings is 1. The molecule has 1 saturated heterocycles. The molecule has 146 valence electrons. The first-order chi connectivity index (χ1) is 13.8. The van der Waals surface area contributed by atoms with Crippen LogP contribution in [0.15, 0.2) is 30.5 Å². The Hall–Kier alpha value is -2.78. The van der Waals surface area contributed by atoms with E-state index in [4.69, 9.17) is 25.8 Å². The van der Waals surface area contributed by atoms with Gasteiger partial charge in [0.15, 0.2) is 11.5 Å². The quantitative estimate of drug-likeness (QED) is 0.562. The molecule has 0 radical (unpaired) electrons. The van der Waals surface area contributed by atoms with Crippen molar-refractivity contribution in [1.29, 1.82) is 0 Å². The highest BCUT2D eigenvalue weighted by Gasteiger charge is 2.25. The number of methoxy groups -OCH3 is 1. The third-order valence-corrected chi connectivity index (χ3v) is 5.37. The Labute approximate surface area is 165 Å². The van der Waals surface area contributed by atoms with E-state index in [1.165, 1.54) is 5.56 Å². The van der Waals surface area contributed by atoms with Gasteiger partial charge in [-0.25, -0.2) is 6.57 Å². The van der Waals surface area contributed by atoms with Crippen molar-refractivity contribution in [2.24, 2.45) is 0 Å². The average Bonchev–Trinajstić information content (AvgIpc) is 3.22. The summed E-state index contributed by atoms with van der Waals surface area (Å²) < 4.78 is 16.2. The molecular weight excluding hydrogens is 354 g/mol. The van der Waals surface area contributed by atoms with Crippen LogP contribution in [0.4, 0.5) is 5.69 Å². The summed E-state index contributed by atoms with van der Waals surface area (Å²) in [6.45, 7) is 10.1. The van der Waals surface area contributed by atoms with Gasteiger partial charge in [0.25, 0.3) is 0 Å². The number of ether oxygens (including phenoxy) is 3. The second-order valence-corrected chi connectivity index (χ2v) is 7.22. The third kappa shape index (κ3) is 3.90. The second kappa shape index (κ2) is 8.49. The van der Waals surface area contributed by atoms with Crippen LogP contribution in [0.3, 0.4) is 0 Å². The number of benzene rings is 1. The Morgan fingerprint density at radius 1 is 1.21 bits per heavy atom. The molecule has 0 amide bonds. The summed E-state index contributed by atoms with van der Waals surface area (Å²) in [6.07, 6.45) is 5.68. The lowest BCUT2D eigenvalue weighted by molar-refractivity contribution is 0.174. The first kappa shape index (κ1) is 18.6. The van der Waals surface area contributed by atoms with E-state index in [9.17, 15) is 0 Å². The van der Waals surface area contributed by atoms with E-state index in [2.05, 4.69) is 15.8 Å². The van der Waals surface area contributed by atoms with Gasteiger partial charge in [0.2, 0.25) is 12.8 Å². The van der Waals surface area contributed by atoms with E-state index in [0.717, 1.165) is 73.8 Å². The zero-order valence-electron chi connectivity index (χ0n) is 16.2. The highest BCUT2D eigenvalue weighted by Crippen LogP contribution is 2.39. The molecular formula is C22H25N3O3. The van der Waals surface area contributed by atoms with Gasteiger partial charge in [-0.2, -0.15) is 0 Å². The molecule has 0 N–H and O–H groups in total. The van der Waals surface area contributed by atoms with Crippen LogP contribution in [0, 0.1) is 6.57 Å². The molecule has 0 aliphatic carbocycles. The zero-order chi connectivity index (χ0) is 19.3. The SMILES string of the molecule is [C-]#[N+]C1CCN(c2cc(CCCOC)cnc2-c2ccc3c(c2)OCO3)CC1. The summed E-state index contributed by atoms with van der Waals surface area (Å²) in [5.41, 5.74) is 4.33. The molecule has 2 aliphatic rings. The maximum atomic E-state index is 7.30. The molecule has 0 spiro atoms. The van der Waals surface area contributed by atoms with Gasteiger partial charge in [0.05, 0.1) is 11.4 Å². The van der Waals surface area contributed by atoms with Gasteiger partial charge >= 0.3 is 0 Å². The first-order valence-electron chi connectivity index (χ1n) is 9.78. The molecule has 6 heteroatoms. The highest BCUT2D eigenvalue weighted by atomic mass is 16.7. The topological polar surface area (TPSA) is 48.2 Å². The van der Waals surface area contributed by atoms with Crippen LogP contribution in [0.5, 0.6) is 11.5 Å². The van der Waals surface area contributed by atoms with Crippen molar-refractivity contribution in [3.63, 3.8) is 0 Å². The van der Waals surface area contributed by atoms with Crippen LogP contribution in [-0.2, 0) is 11.2 Å². The summed E-state index contributed by atoms with van der Waals surface area (Å²) in [4.78, 5) is 10.9. The van der Waals surface area contributed by atoms with Gasteiger partial charge in [0, 0.05) is 51.4 Å². The molecule has 1 fully saturated rings. The number of hydrogen-bond donors (Lipinski definition) is 0. The van der Waals surface area contributed by atoms with Crippen molar-refractivity contribution in [3.8, 4) is 22.8 Å². The van der Waals surface area contributed by atoms with Crippen LogP contribution in [0.2, 0.25) is 0 Å². The third-order valence-electron chi connectivity index (χ3n) is 5.37. The number of hydrogen-bond acceptors (Lipinski definition) is 5. The Morgan fingerprint density at radius 3 is 2.82 bits per heavy atom. The summed E-state index contributed by atoms with van der Waals surface area (Å²) in [7, 11) is 1.73. The zero-order valence-corrected chi connectivity index (χ0v) is 16.2. The van der Waals surface area contributed by atoms with Crippen LogP contribution < -0.4 is 14.4 Å². The Balaban J connectivity index is 1.65. The number of rotatable bonds is 6. The lowest BCUT2D eigenvalue weighted by atomic mass is 10.0. The van der Waals surface area contributed by atoms with Crippen LogP contribution in [-0.4, -0.2) is 44.6 Å². The Morgan fingerprint density at radius 2 is 2.04 bits per heavy atom. The maximum absolute atomic E-state index is 7.30. The minimum absolute atomic E-state index is 0.142. The van der Waals surface area contributed by atoms with E-state index in [-0.39, 0.29) is 12.8 Å². The lowest BCUT2D eigenvalue weighted by Gasteiger charge is -2.31. The average molecular weight is 379 g/mol. The predicted octanol–water partition coefficient (Wildman–Crippen LogP) is 3.94. The van der Waals surface area contributed by atoms with Gasteiger partial charge < -0.3 is 24.0 Å². The van der Waals surface area contributed by atoms with Crippen molar-refractivity contribution in [1.82, 2.24) is 4.98 Å². The summed E-state index contributed by atoms with van der Waals surface area (Å²) >= 11 is 0. The molecule has 4 rings (SSSR count). The van der Waals surface area contributed by atoms with E-state index in [0.29, 0.717) is 0 Å². The number of aryl methyl sites for hydroxylation is 1. The van der Waals surface area contributed by atoms with E-state index in [1.807, 2.05) is 24.4 Å². The standard InChI is InChI=1S/C22H25N3O3/c1-23-18-7-9-25(10-8-18)19-12-16(4-3-11-26-2)14-24-22(19)17-5-6-20-21(13-17)28-15-27-20/h5-6,12-14,18H,3-4,7-11,15H2,2H3. The van der Waals surface area contributed by atoms with Crippen molar-refractivity contribution in [3.05, 3.63) is 47.4 Å². The van der Waals surface area contributed by atoms with Crippen LogP contribution in [0.1, 0.15) is 24.8 Å². The fourth-order valence-electron chi connectivity index (χ4n) is 3.80. The fourth-order valence-corrected chi connectivity index (χ4v) is 3.80. The Bertz CT molecular complexity index is 870. The smallest absolute Gasteiger partial charge is 0.231 e. The second-order valence-electron chi connectivity index (χ2n) is 7.22. The number of pyridine rings is 1. The molecule has 1 aromatic carbocycles. The maximum Gasteiger partial charge on any atom is 0.231 e. The predicted molar refractivity (Wildman–Crippen MR) is 108 cm³/mol. The molecule has 1 aromatic heterocycles. The summed E-state index contributed by atoms with van der Waals surface area (Å²) in [5, 5.41) is 0. The lowest BCUT2D eigenvalue weighted by Crippen LogP contribution is -2.35. The van der Waals surface area contributed by atoms with Crippen molar-refractivity contribution in [2.45, 2.75) is 31.7 Å². The number of aromatic nitrogens is 1. The minimum atomic E-state index is 0.142. The summed E-state index contributed by atoms with van der Waals surface area (Å²) in [5.74, 6) is 1.54. The van der Waals surface area contributed by atoms with E-state index in [1.54, 1.807) is 7.11 Å². The van der Waals surface area contributed by atoms with Crippen molar-refractivity contribution < 1.29 is 14.2 Å². The fraction of sp³-hybridized carbons (Fsp3) is 0.455. The van der Waals surface area contributed by atoms with Crippen molar-refractivity contribution >= 4 is 5.69 Å². The monoisotopic (exact) mass is 379 g/mol. The number of fused-ring (bicyclic) bond motifs is 1. The van der Waals surface area contributed by atoms with Gasteiger partial charge in [-0.15, -0.1) is 0 Å². The first-order valence-corrected chi connectivity index (χ1v) is 9.78. The molecule has 0 saturated carbocycles. The van der Waals surface area contributed by atoms with E-state index < -0.39 is 0 Å². The molecule has 2 aliphatic heterocycles. The Kier molecular flexibility index (Phi) is 5.63. The van der Waals surface area contributed by atoms with Gasteiger partial charge in [-0.1, -0.05) is 0 Å². The highest BCUT2D eigenvalue weighted by molar-refractivity contribution is 5.77. The molecule has 0 unspecified atom stereocenters. The van der Waals surface area contributed by atoms with Crippen molar-refractivity contribution in [2.75, 3.05) is 38.5 Å². The van der Waals surface area contributed by atoms with Gasteiger partial charge in [-0.05, 0) is 42.7 Å². The molecule has 0 bridgehead atoms. The molecule has 0 atom stereocenters. The molecule has 2 aromatic rings. The number of anilines is 1. The van der Waals surface area contributed by atoms with E-state index >= 15 is 0 Å². The largest absolute Gasteiger partial charge is 0.454 e.